The van der Waals surface area contributed by atoms with Gasteiger partial charge in [-0.3, -0.25) is 4.55 Å². The van der Waals surface area contributed by atoms with Crippen molar-refractivity contribution in [3.8, 4) is 0 Å². The van der Waals surface area contributed by atoms with E-state index < -0.39 is 38.1 Å². The number of rotatable bonds is 15. The summed E-state index contributed by atoms with van der Waals surface area (Å²) in [4.78, 5) is 23.8. The van der Waals surface area contributed by atoms with Gasteiger partial charge in [-0.25, -0.2) is 9.59 Å². The van der Waals surface area contributed by atoms with E-state index in [0.717, 1.165) is 37.8 Å². The number of esters is 2. The van der Waals surface area contributed by atoms with Crippen molar-refractivity contribution in [1.29, 1.82) is 0 Å². The number of hydrogen-bond acceptors (Lipinski definition) is 8. The number of aliphatic hydroxyl groups is 2. The Morgan fingerprint density at radius 1 is 0.733 bits per heavy atom. The zero-order valence-electron chi connectivity index (χ0n) is 16.9. The van der Waals surface area contributed by atoms with Crippen LogP contribution in [0.4, 0.5) is 0 Å². The Bertz CT molecular complexity index is 728. The number of unbranched alkanes of at least 4 members (excludes halogenated alkanes) is 6. The van der Waals surface area contributed by atoms with Gasteiger partial charge in [-0.2, -0.15) is 8.42 Å². The summed E-state index contributed by atoms with van der Waals surface area (Å²) in [5.41, 5.74) is -0.879. The molecule has 0 unspecified atom stereocenters. The van der Waals surface area contributed by atoms with Gasteiger partial charge in [0.15, 0.2) is 0 Å². The van der Waals surface area contributed by atoms with E-state index in [-0.39, 0.29) is 26.4 Å². The molecule has 0 aromatic heterocycles. The molecule has 0 radical (unpaired) electrons. The van der Waals surface area contributed by atoms with Gasteiger partial charge in [0, 0.05) is 13.2 Å². The molecule has 0 fully saturated rings. The summed E-state index contributed by atoms with van der Waals surface area (Å²) in [6.07, 6.45) is 5.35. The topological polar surface area (TPSA) is 147 Å². The number of ether oxygens (including phenoxy) is 2. The van der Waals surface area contributed by atoms with E-state index in [1.807, 2.05) is 0 Å². The minimum absolute atomic E-state index is 0.0394. The molecular weight excluding hydrogens is 416 g/mol. The zero-order valence-corrected chi connectivity index (χ0v) is 17.7. The standard InChI is InChI=1S/C20H30O9S/c21-12-5-1-3-7-14-28-19(23)16-10-9-11-17(18(16)30(25,26)27)20(24)29-15-8-4-2-6-13-22/h9-11,21-22H,1-8,12-15H2,(H,25,26,27). The van der Waals surface area contributed by atoms with Gasteiger partial charge < -0.3 is 19.7 Å². The Hall–Kier alpha value is -2.01. The highest BCUT2D eigenvalue weighted by molar-refractivity contribution is 7.86. The van der Waals surface area contributed by atoms with Crippen molar-refractivity contribution >= 4 is 22.1 Å². The average molecular weight is 447 g/mol. The molecule has 0 aliphatic heterocycles. The monoisotopic (exact) mass is 446 g/mol. The van der Waals surface area contributed by atoms with Crippen LogP contribution >= 0.6 is 0 Å². The van der Waals surface area contributed by atoms with E-state index in [4.69, 9.17) is 19.7 Å². The fraction of sp³-hybridized carbons (Fsp3) is 0.600. The Labute approximate surface area is 176 Å². The number of benzene rings is 1. The largest absolute Gasteiger partial charge is 0.462 e. The first-order valence-electron chi connectivity index (χ1n) is 9.99. The maximum Gasteiger partial charge on any atom is 0.339 e. The molecule has 10 heteroatoms. The van der Waals surface area contributed by atoms with Crippen molar-refractivity contribution in [2.24, 2.45) is 0 Å². The fourth-order valence-corrected chi connectivity index (χ4v) is 3.62. The van der Waals surface area contributed by atoms with Crippen molar-refractivity contribution in [3.05, 3.63) is 29.3 Å². The molecule has 9 nitrogen and oxygen atoms in total. The van der Waals surface area contributed by atoms with Crippen molar-refractivity contribution in [1.82, 2.24) is 0 Å². The maximum absolute atomic E-state index is 12.3. The van der Waals surface area contributed by atoms with Crippen LogP contribution in [-0.2, 0) is 19.6 Å². The lowest BCUT2D eigenvalue weighted by molar-refractivity contribution is 0.0485. The van der Waals surface area contributed by atoms with E-state index >= 15 is 0 Å². The molecule has 1 aromatic rings. The Balaban J connectivity index is 2.82. The van der Waals surface area contributed by atoms with Gasteiger partial charge >= 0.3 is 11.9 Å². The predicted molar refractivity (Wildman–Crippen MR) is 108 cm³/mol. The third-order valence-corrected chi connectivity index (χ3v) is 5.24. The number of carbonyl (C=O) groups is 2. The number of aliphatic hydroxyl groups excluding tert-OH is 2. The second-order valence-electron chi connectivity index (χ2n) is 6.70. The SMILES string of the molecule is O=C(OCCCCCCO)c1cccc(C(=O)OCCCCCCO)c1S(=O)(=O)O. The lowest BCUT2D eigenvalue weighted by Gasteiger charge is -2.12. The van der Waals surface area contributed by atoms with Crippen molar-refractivity contribution in [3.63, 3.8) is 0 Å². The molecular formula is C20H30O9S. The molecule has 0 aliphatic carbocycles. The van der Waals surface area contributed by atoms with Crippen LogP contribution in [0.15, 0.2) is 23.1 Å². The lowest BCUT2D eigenvalue weighted by Crippen LogP contribution is -2.18. The highest BCUT2D eigenvalue weighted by atomic mass is 32.2. The lowest BCUT2D eigenvalue weighted by atomic mass is 10.1. The number of hydrogen-bond donors (Lipinski definition) is 3. The average Bonchev–Trinajstić information content (AvgIpc) is 2.71. The van der Waals surface area contributed by atoms with Gasteiger partial charge in [-0.05, 0) is 50.7 Å². The molecule has 0 amide bonds. The molecule has 0 saturated heterocycles. The van der Waals surface area contributed by atoms with Crippen molar-refractivity contribution < 1.29 is 42.2 Å². The first-order valence-corrected chi connectivity index (χ1v) is 11.4. The molecule has 3 N–H and O–H groups in total. The molecule has 0 spiro atoms. The third kappa shape index (κ3) is 9.21. The van der Waals surface area contributed by atoms with Crippen LogP contribution in [0.1, 0.15) is 72.1 Å². The Morgan fingerprint density at radius 3 is 1.50 bits per heavy atom. The summed E-state index contributed by atoms with van der Waals surface area (Å²) in [5.74, 6) is -1.94. The van der Waals surface area contributed by atoms with Crippen LogP contribution in [0.25, 0.3) is 0 Å². The third-order valence-electron chi connectivity index (χ3n) is 4.28. The Kier molecular flexibility index (Phi) is 12.2. The van der Waals surface area contributed by atoms with Crippen molar-refractivity contribution in [2.45, 2.75) is 56.3 Å². The second kappa shape index (κ2) is 14.1. The smallest absolute Gasteiger partial charge is 0.339 e. The van der Waals surface area contributed by atoms with Gasteiger partial charge in [0.05, 0.1) is 24.3 Å². The molecule has 170 valence electrons. The summed E-state index contributed by atoms with van der Waals surface area (Å²) >= 11 is 0. The summed E-state index contributed by atoms with van der Waals surface area (Å²) in [6.45, 7) is 0.251. The minimum atomic E-state index is -4.90. The van der Waals surface area contributed by atoms with E-state index in [1.165, 1.54) is 6.07 Å². The van der Waals surface area contributed by atoms with Gasteiger partial charge in [0.1, 0.15) is 4.90 Å². The zero-order chi connectivity index (χ0) is 22.4. The molecule has 0 bridgehead atoms. The molecule has 1 rings (SSSR count). The van der Waals surface area contributed by atoms with Gasteiger partial charge in [-0.15, -0.1) is 0 Å². The first-order chi connectivity index (χ1) is 14.3. The van der Waals surface area contributed by atoms with Crippen LogP contribution in [0.5, 0.6) is 0 Å². The first kappa shape index (κ1) is 26.0. The maximum atomic E-state index is 12.3. The molecule has 0 aliphatic rings. The predicted octanol–water partition coefficient (Wildman–Crippen LogP) is 2.35. The van der Waals surface area contributed by atoms with Crippen LogP contribution in [-0.4, -0.2) is 61.5 Å². The molecule has 1 aromatic carbocycles. The van der Waals surface area contributed by atoms with Crippen molar-refractivity contribution in [2.75, 3.05) is 26.4 Å². The van der Waals surface area contributed by atoms with Gasteiger partial charge in [0.2, 0.25) is 0 Å². The molecule has 0 saturated carbocycles. The van der Waals surface area contributed by atoms with Crippen LogP contribution in [0.3, 0.4) is 0 Å². The number of carbonyl (C=O) groups excluding carboxylic acids is 2. The highest BCUT2D eigenvalue weighted by Gasteiger charge is 2.29. The van der Waals surface area contributed by atoms with Crippen LogP contribution < -0.4 is 0 Å². The van der Waals surface area contributed by atoms with E-state index in [2.05, 4.69) is 0 Å². The van der Waals surface area contributed by atoms with Crippen LogP contribution in [0.2, 0.25) is 0 Å². The quantitative estimate of drug-likeness (QED) is 0.210. The normalized spacial score (nSPS) is 11.3. The van der Waals surface area contributed by atoms with Gasteiger partial charge in [-0.1, -0.05) is 18.9 Å². The Morgan fingerprint density at radius 2 is 1.13 bits per heavy atom. The summed E-state index contributed by atoms with van der Waals surface area (Å²) in [6, 6.07) is 3.62. The van der Waals surface area contributed by atoms with E-state index in [1.54, 1.807) is 0 Å². The summed E-state index contributed by atoms with van der Waals surface area (Å²) in [5, 5.41) is 17.5. The molecule has 0 heterocycles. The van der Waals surface area contributed by atoms with E-state index in [9.17, 15) is 22.6 Å². The molecule has 0 atom stereocenters. The highest BCUT2D eigenvalue weighted by Crippen LogP contribution is 2.23. The second-order valence-corrected chi connectivity index (χ2v) is 8.06. The summed E-state index contributed by atoms with van der Waals surface area (Å²) in [7, 11) is -4.90. The summed E-state index contributed by atoms with van der Waals surface area (Å²) < 4.78 is 43.5. The minimum Gasteiger partial charge on any atom is -0.462 e. The van der Waals surface area contributed by atoms with Crippen LogP contribution in [0, 0.1) is 0 Å². The van der Waals surface area contributed by atoms with Gasteiger partial charge in [0.25, 0.3) is 10.1 Å². The van der Waals surface area contributed by atoms with E-state index in [0.29, 0.717) is 25.7 Å². The fourth-order valence-electron chi connectivity index (χ4n) is 2.76. The molecule has 30 heavy (non-hydrogen) atoms.